The quantitative estimate of drug-likeness (QED) is 0.555. The number of benzene rings is 3. The first kappa shape index (κ1) is 18.9. The second-order valence-corrected chi connectivity index (χ2v) is 7.74. The number of phenols is 2. The van der Waals surface area contributed by atoms with Gasteiger partial charge in [-0.15, -0.1) is 12.4 Å². The second kappa shape index (κ2) is 7.50. The molecule has 3 aromatic rings. The molecule has 0 bridgehead atoms. The molecule has 2 aliphatic rings. The van der Waals surface area contributed by atoms with E-state index in [1.807, 2.05) is 6.07 Å². The highest BCUT2D eigenvalue weighted by Crippen LogP contribution is 2.44. The largest absolute Gasteiger partial charge is 0.504 e. The number of phenolic OH excluding ortho intramolecular Hbond substituents is 2. The molecular weight excluding hydrogens is 370 g/mol. The van der Waals surface area contributed by atoms with Crippen LogP contribution in [0.1, 0.15) is 45.7 Å². The zero-order chi connectivity index (χ0) is 18.4. The third kappa shape index (κ3) is 3.25. The van der Waals surface area contributed by atoms with E-state index >= 15 is 0 Å². The molecule has 0 spiro atoms. The van der Waals surface area contributed by atoms with E-state index in [4.69, 9.17) is 0 Å². The monoisotopic (exact) mass is 393 g/mol. The van der Waals surface area contributed by atoms with E-state index in [0.29, 0.717) is 6.04 Å². The molecule has 2 atom stereocenters. The van der Waals surface area contributed by atoms with Crippen LogP contribution in [0.3, 0.4) is 0 Å². The fourth-order valence-electron chi connectivity index (χ4n) is 4.72. The van der Waals surface area contributed by atoms with E-state index in [-0.39, 0.29) is 29.8 Å². The van der Waals surface area contributed by atoms with Gasteiger partial charge in [0, 0.05) is 18.5 Å². The molecule has 1 heterocycles. The number of rotatable bonds is 2. The average molecular weight is 394 g/mol. The van der Waals surface area contributed by atoms with Crippen LogP contribution in [0, 0.1) is 0 Å². The first-order valence-electron chi connectivity index (χ1n) is 9.63. The summed E-state index contributed by atoms with van der Waals surface area (Å²) in [4.78, 5) is 0. The van der Waals surface area contributed by atoms with Gasteiger partial charge in [-0.3, -0.25) is 0 Å². The first-order valence-corrected chi connectivity index (χ1v) is 9.63. The van der Waals surface area contributed by atoms with Gasteiger partial charge >= 0.3 is 0 Å². The van der Waals surface area contributed by atoms with Gasteiger partial charge in [-0.25, -0.2) is 0 Å². The summed E-state index contributed by atoms with van der Waals surface area (Å²) in [5, 5.41) is 23.7. The van der Waals surface area contributed by atoms with Crippen molar-refractivity contribution in [3.05, 3.63) is 94.0 Å². The van der Waals surface area contributed by atoms with Crippen molar-refractivity contribution in [3.8, 4) is 11.5 Å². The second-order valence-electron chi connectivity index (χ2n) is 7.74. The van der Waals surface area contributed by atoms with Crippen LogP contribution in [-0.4, -0.2) is 16.3 Å². The van der Waals surface area contributed by atoms with E-state index < -0.39 is 0 Å². The maximum absolute atomic E-state index is 10.1. The molecule has 144 valence electrons. The number of fused-ring (bicyclic) bond motifs is 5. The molecular formula is C24H24ClNO2. The standard InChI is InChI=1S/C24H23NO2.ClH/c26-22-12-17-8-9-21-24(20(17)13-23(22)27)19-11-16(6-7-18(19)14-25-21)10-15-4-2-1-3-5-15;/h1-7,11-13,21,24-27H,8-10,14H2;1H/t21-,24-;/m1./s1. The van der Waals surface area contributed by atoms with Gasteiger partial charge in [-0.05, 0) is 64.8 Å². The van der Waals surface area contributed by atoms with Gasteiger partial charge in [0.25, 0.3) is 0 Å². The molecule has 0 radical (unpaired) electrons. The molecule has 0 fully saturated rings. The minimum Gasteiger partial charge on any atom is -0.504 e. The number of halogens is 1. The summed E-state index contributed by atoms with van der Waals surface area (Å²) in [6.07, 6.45) is 2.90. The van der Waals surface area contributed by atoms with Crippen LogP contribution in [0.15, 0.2) is 60.7 Å². The zero-order valence-corrected chi connectivity index (χ0v) is 16.4. The Balaban J connectivity index is 0.00000192. The Kier molecular flexibility index (Phi) is 5.05. The topological polar surface area (TPSA) is 52.5 Å². The van der Waals surface area contributed by atoms with Crippen LogP contribution in [0.2, 0.25) is 0 Å². The fourth-order valence-corrected chi connectivity index (χ4v) is 4.72. The average Bonchev–Trinajstić information content (AvgIpc) is 2.69. The van der Waals surface area contributed by atoms with Crippen molar-refractivity contribution in [3.63, 3.8) is 0 Å². The van der Waals surface area contributed by atoms with Crippen molar-refractivity contribution in [2.75, 3.05) is 0 Å². The van der Waals surface area contributed by atoms with Gasteiger partial charge in [0.15, 0.2) is 11.5 Å². The molecule has 4 heteroatoms. The zero-order valence-electron chi connectivity index (χ0n) is 15.6. The molecule has 0 unspecified atom stereocenters. The van der Waals surface area contributed by atoms with E-state index in [2.05, 4.69) is 47.8 Å². The van der Waals surface area contributed by atoms with Crippen LogP contribution >= 0.6 is 12.4 Å². The highest BCUT2D eigenvalue weighted by atomic mass is 35.5. The Hall–Kier alpha value is -2.49. The van der Waals surface area contributed by atoms with Gasteiger partial charge in [-0.2, -0.15) is 0 Å². The van der Waals surface area contributed by atoms with Crippen LogP contribution in [0.4, 0.5) is 0 Å². The van der Waals surface area contributed by atoms with Gasteiger partial charge in [0.05, 0.1) is 0 Å². The fraction of sp³-hybridized carbons (Fsp3) is 0.250. The summed E-state index contributed by atoms with van der Waals surface area (Å²) in [6.45, 7) is 0.890. The van der Waals surface area contributed by atoms with Gasteiger partial charge < -0.3 is 15.5 Å². The number of aryl methyl sites for hydroxylation is 1. The lowest BCUT2D eigenvalue weighted by molar-refractivity contribution is 0.380. The van der Waals surface area contributed by atoms with E-state index in [0.717, 1.165) is 36.9 Å². The first-order chi connectivity index (χ1) is 13.2. The summed E-state index contributed by atoms with van der Waals surface area (Å²) < 4.78 is 0. The lowest BCUT2D eigenvalue weighted by Gasteiger charge is -2.39. The SMILES string of the molecule is Cl.Oc1cc2c(cc1O)[C@H]1c3cc(Cc4ccccc4)ccc3CN[C@@H]1CC2. The molecule has 0 saturated heterocycles. The lowest BCUT2D eigenvalue weighted by atomic mass is 9.72. The Morgan fingerprint density at radius 1 is 0.821 bits per heavy atom. The molecule has 1 aliphatic carbocycles. The maximum atomic E-state index is 10.1. The predicted molar refractivity (Wildman–Crippen MR) is 114 cm³/mol. The smallest absolute Gasteiger partial charge is 0.157 e. The minimum absolute atomic E-state index is 0. The molecule has 28 heavy (non-hydrogen) atoms. The molecule has 5 rings (SSSR count). The summed E-state index contributed by atoms with van der Waals surface area (Å²) in [5.74, 6) is 0.177. The van der Waals surface area contributed by atoms with Crippen molar-refractivity contribution < 1.29 is 10.2 Å². The molecule has 1 aliphatic heterocycles. The summed E-state index contributed by atoms with van der Waals surface area (Å²) in [7, 11) is 0. The summed E-state index contributed by atoms with van der Waals surface area (Å²) in [6, 6.07) is 21.2. The normalized spacial score (nSPS) is 19.7. The van der Waals surface area contributed by atoms with Crippen LogP contribution in [0.25, 0.3) is 0 Å². The molecule has 0 saturated carbocycles. The highest BCUT2D eigenvalue weighted by Gasteiger charge is 2.35. The Morgan fingerprint density at radius 3 is 2.39 bits per heavy atom. The Labute approximate surface area is 171 Å². The van der Waals surface area contributed by atoms with Crippen molar-refractivity contribution in [1.29, 1.82) is 0 Å². The van der Waals surface area contributed by atoms with Crippen molar-refractivity contribution >= 4 is 12.4 Å². The van der Waals surface area contributed by atoms with Crippen LogP contribution < -0.4 is 5.32 Å². The van der Waals surface area contributed by atoms with Crippen molar-refractivity contribution in [1.82, 2.24) is 5.32 Å². The lowest BCUT2D eigenvalue weighted by Crippen LogP contribution is -2.42. The number of hydrogen-bond donors (Lipinski definition) is 3. The summed E-state index contributed by atoms with van der Waals surface area (Å²) in [5.41, 5.74) is 7.61. The van der Waals surface area contributed by atoms with Crippen LogP contribution in [0.5, 0.6) is 11.5 Å². The number of nitrogens with one attached hydrogen (secondary N) is 1. The minimum atomic E-state index is -0.0260. The summed E-state index contributed by atoms with van der Waals surface area (Å²) >= 11 is 0. The van der Waals surface area contributed by atoms with E-state index in [1.54, 1.807) is 12.1 Å². The van der Waals surface area contributed by atoms with Gasteiger partial charge in [0.2, 0.25) is 0 Å². The van der Waals surface area contributed by atoms with Gasteiger partial charge in [0.1, 0.15) is 0 Å². The number of aromatic hydroxyl groups is 2. The molecule has 3 nitrogen and oxygen atoms in total. The van der Waals surface area contributed by atoms with E-state index in [1.165, 1.54) is 22.3 Å². The molecule has 0 aromatic heterocycles. The molecule has 0 amide bonds. The third-order valence-electron chi connectivity index (χ3n) is 6.05. The molecule has 3 aromatic carbocycles. The Bertz CT molecular complexity index is 1000. The van der Waals surface area contributed by atoms with E-state index in [9.17, 15) is 10.2 Å². The third-order valence-corrected chi connectivity index (χ3v) is 6.05. The maximum Gasteiger partial charge on any atom is 0.157 e. The van der Waals surface area contributed by atoms with Crippen molar-refractivity contribution in [2.24, 2.45) is 0 Å². The number of hydrogen-bond acceptors (Lipinski definition) is 3. The predicted octanol–water partition coefficient (Wildman–Crippen LogP) is 4.66. The molecule has 3 N–H and O–H groups in total. The Morgan fingerprint density at radius 2 is 1.57 bits per heavy atom. The van der Waals surface area contributed by atoms with Gasteiger partial charge in [-0.1, -0.05) is 48.5 Å². The highest BCUT2D eigenvalue weighted by molar-refractivity contribution is 5.85. The van der Waals surface area contributed by atoms with Crippen LogP contribution in [-0.2, 0) is 19.4 Å². The van der Waals surface area contributed by atoms with Crippen molar-refractivity contribution in [2.45, 2.75) is 37.8 Å².